The van der Waals surface area contributed by atoms with Crippen LogP contribution in [0.25, 0.3) is 0 Å². The van der Waals surface area contributed by atoms with Gasteiger partial charge in [-0.25, -0.2) is 8.78 Å². The molecule has 0 bridgehead atoms. The predicted octanol–water partition coefficient (Wildman–Crippen LogP) is 0.841. The molecule has 114 valence electrons. The molecule has 2 rings (SSSR count). The van der Waals surface area contributed by atoms with Gasteiger partial charge in [-0.2, -0.15) is 0 Å². The number of nitrogens with zero attached hydrogens (tertiary/aromatic N) is 2. The van der Waals surface area contributed by atoms with Gasteiger partial charge in [0.25, 0.3) is 11.8 Å². The first-order chi connectivity index (χ1) is 9.93. The van der Waals surface area contributed by atoms with Crippen LogP contribution in [0, 0.1) is 11.6 Å². The maximum Gasteiger partial charge on any atom is 0.254 e. The average molecular weight is 297 g/mol. The number of hydrogen-bond donors (Lipinski definition) is 1. The molecule has 0 unspecified atom stereocenters. The molecule has 1 aliphatic heterocycles. The fraction of sp³-hybridized carbons (Fsp3) is 0.429. The first-order valence-corrected chi connectivity index (χ1v) is 6.74. The number of nitrogens with two attached hydrogens (primary N) is 1. The molecule has 0 aliphatic carbocycles. The Labute approximate surface area is 121 Å². The minimum atomic E-state index is -1.19. The van der Waals surface area contributed by atoms with E-state index in [1.54, 1.807) is 4.90 Å². The van der Waals surface area contributed by atoms with Gasteiger partial charge in [0.05, 0.1) is 0 Å². The van der Waals surface area contributed by atoms with Crippen molar-refractivity contribution in [1.29, 1.82) is 0 Å². The van der Waals surface area contributed by atoms with Gasteiger partial charge < -0.3 is 15.5 Å². The average Bonchev–Trinajstić information content (AvgIpc) is 2.45. The number of amides is 2. The van der Waals surface area contributed by atoms with Gasteiger partial charge >= 0.3 is 0 Å². The first kappa shape index (κ1) is 15.4. The highest BCUT2D eigenvalue weighted by molar-refractivity contribution is 5.97. The van der Waals surface area contributed by atoms with E-state index in [4.69, 9.17) is 5.73 Å². The van der Waals surface area contributed by atoms with Crippen molar-refractivity contribution >= 4 is 11.8 Å². The fourth-order valence-electron chi connectivity index (χ4n) is 2.38. The third kappa shape index (κ3) is 3.18. The first-order valence-electron chi connectivity index (χ1n) is 6.74. The maximum atomic E-state index is 13.7. The molecule has 0 saturated carbocycles. The van der Waals surface area contributed by atoms with Crippen LogP contribution in [0.15, 0.2) is 12.1 Å². The van der Waals surface area contributed by atoms with Gasteiger partial charge in [-0.1, -0.05) is 6.92 Å². The molecule has 1 saturated heterocycles. The molecule has 2 amide bonds. The van der Waals surface area contributed by atoms with Crippen LogP contribution in [0.5, 0.6) is 0 Å². The van der Waals surface area contributed by atoms with Gasteiger partial charge in [0.15, 0.2) is 0 Å². The summed E-state index contributed by atoms with van der Waals surface area (Å²) in [4.78, 5) is 26.9. The number of carbonyl (C=O) groups is 2. The Morgan fingerprint density at radius 2 is 1.67 bits per heavy atom. The summed E-state index contributed by atoms with van der Waals surface area (Å²) in [5.74, 6) is -3.86. The van der Waals surface area contributed by atoms with Crippen LogP contribution < -0.4 is 5.73 Å². The van der Waals surface area contributed by atoms with Crippen molar-refractivity contribution in [2.75, 3.05) is 32.7 Å². The predicted molar refractivity (Wildman–Crippen MR) is 72.9 cm³/mol. The smallest absolute Gasteiger partial charge is 0.254 e. The largest absolute Gasteiger partial charge is 0.365 e. The highest BCUT2D eigenvalue weighted by Gasteiger charge is 2.24. The fourth-order valence-corrected chi connectivity index (χ4v) is 2.38. The molecule has 1 fully saturated rings. The van der Waals surface area contributed by atoms with E-state index in [9.17, 15) is 18.4 Å². The van der Waals surface area contributed by atoms with Crippen LogP contribution in [0.4, 0.5) is 8.78 Å². The quantitative estimate of drug-likeness (QED) is 0.899. The number of primary amides is 1. The lowest BCUT2D eigenvalue weighted by atomic mass is 10.1. The second kappa shape index (κ2) is 6.17. The molecule has 0 aromatic heterocycles. The lowest BCUT2D eigenvalue weighted by Gasteiger charge is -2.34. The van der Waals surface area contributed by atoms with Crippen molar-refractivity contribution in [2.24, 2.45) is 5.73 Å². The van der Waals surface area contributed by atoms with Crippen molar-refractivity contribution in [2.45, 2.75) is 6.92 Å². The maximum absolute atomic E-state index is 13.7. The van der Waals surface area contributed by atoms with Crippen LogP contribution >= 0.6 is 0 Å². The zero-order valence-electron chi connectivity index (χ0n) is 11.7. The summed E-state index contributed by atoms with van der Waals surface area (Å²) < 4.78 is 27.4. The van der Waals surface area contributed by atoms with Crippen LogP contribution in [0.1, 0.15) is 27.6 Å². The Morgan fingerprint density at radius 3 is 2.10 bits per heavy atom. The van der Waals surface area contributed by atoms with Gasteiger partial charge in [-0.3, -0.25) is 9.59 Å². The Kier molecular flexibility index (Phi) is 4.52. The molecule has 1 aromatic rings. The van der Waals surface area contributed by atoms with E-state index in [-0.39, 0.29) is 5.56 Å². The molecule has 1 aliphatic rings. The Morgan fingerprint density at radius 1 is 1.14 bits per heavy atom. The molecule has 0 atom stereocenters. The highest BCUT2D eigenvalue weighted by Crippen LogP contribution is 2.17. The van der Waals surface area contributed by atoms with Gasteiger partial charge in [0.2, 0.25) is 0 Å². The van der Waals surface area contributed by atoms with Gasteiger partial charge in [-0.05, 0) is 18.7 Å². The topological polar surface area (TPSA) is 66.6 Å². The summed E-state index contributed by atoms with van der Waals surface area (Å²) in [7, 11) is 0. The molecule has 21 heavy (non-hydrogen) atoms. The number of hydrogen-bond acceptors (Lipinski definition) is 3. The normalized spacial score (nSPS) is 16.0. The van der Waals surface area contributed by atoms with E-state index in [1.165, 1.54) is 0 Å². The molecule has 1 aromatic carbocycles. The summed E-state index contributed by atoms with van der Waals surface area (Å²) in [6, 6.07) is 1.72. The number of benzene rings is 1. The van der Waals surface area contributed by atoms with E-state index in [2.05, 4.69) is 4.90 Å². The van der Waals surface area contributed by atoms with Crippen LogP contribution in [-0.2, 0) is 0 Å². The van der Waals surface area contributed by atoms with Crippen LogP contribution in [0.2, 0.25) is 0 Å². The highest BCUT2D eigenvalue weighted by atomic mass is 19.1. The second-order valence-electron chi connectivity index (χ2n) is 4.91. The second-order valence-corrected chi connectivity index (χ2v) is 4.91. The third-order valence-electron chi connectivity index (χ3n) is 3.64. The van der Waals surface area contributed by atoms with Crippen molar-refractivity contribution < 1.29 is 18.4 Å². The van der Waals surface area contributed by atoms with Crippen molar-refractivity contribution in [1.82, 2.24) is 9.80 Å². The number of carbonyl (C=O) groups excluding carboxylic acids is 2. The zero-order chi connectivity index (χ0) is 15.6. The Balaban J connectivity index is 2.19. The summed E-state index contributed by atoms with van der Waals surface area (Å²) in [6.45, 7) is 5.41. The van der Waals surface area contributed by atoms with E-state index < -0.39 is 29.0 Å². The van der Waals surface area contributed by atoms with E-state index >= 15 is 0 Å². The Hall–Kier alpha value is -2.02. The molecule has 0 spiro atoms. The summed E-state index contributed by atoms with van der Waals surface area (Å²) >= 11 is 0. The standard InChI is InChI=1S/C14H17F2N3O2/c1-2-18-3-5-19(6-4-18)14(21)9-7-10(15)12(13(17)20)11(16)8-9/h7-8H,2-6H2,1H3,(H2,17,20). The molecular weight excluding hydrogens is 280 g/mol. The summed E-state index contributed by atoms with van der Waals surface area (Å²) in [6.07, 6.45) is 0. The van der Waals surface area contributed by atoms with Crippen molar-refractivity contribution in [3.63, 3.8) is 0 Å². The molecule has 1 heterocycles. The van der Waals surface area contributed by atoms with Crippen molar-refractivity contribution in [3.8, 4) is 0 Å². The number of piperazine rings is 1. The van der Waals surface area contributed by atoms with E-state index in [0.29, 0.717) is 13.1 Å². The molecular formula is C14H17F2N3O2. The SMILES string of the molecule is CCN1CCN(C(=O)c2cc(F)c(C(N)=O)c(F)c2)CC1. The molecule has 5 nitrogen and oxygen atoms in total. The molecule has 0 radical (unpaired) electrons. The van der Waals surface area contributed by atoms with Crippen LogP contribution in [0.3, 0.4) is 0 Å². The number of rotatable bonds is 3. The summed E-state index contributed by atoms with van der Waals surface area (Å²) in [5.41, 5.74) is 3.97. The third-order valence-corrected chi connectivity index (χ3v) is 3.64. The molecule has 2 N–H and O–H groups in total. The zero-order valence-corrected chi connectivity index (χ0v) is 11.7. The van der Waals surface area contributed by atoms with E-state index in [0.717, 1.165) is 31.8 Å². The van der Waals surface area contributed by atoms with Crippen molar-refractivity contribution in [3.05, 3.63) is 34.9 Å². The van der Waals surface area contributed by atoms with Gasteiger partial charge in [0.1, 0.15) is 17.2 Å². The van der Waals surface area contributed by atoms with Gasteiger partial charge in [-0.15, -0.1) is 0 Å². The number of likely N-dealkylation sites (N-methyl/N-ethyl adjacent to an activating group) is 1. The number of halogens is 2. The monoisotopic (exact) mass is 297 g/mol. The minimum Gasteiger partial charge on any atom is -0.365 e. The minimum absolute atomic E-state index is 0.111. The van der Waals surface area contributed by atoms with E-state index in [1.807, 2.05) is 6.92 Å². The Bertz CT molecular complexity index is 546. The lowest BCUT2D eigenvalue weighted by Crippen LogP contribution is -2.48. The lowest BCUT2D eigenvalue weighted by molar-refractivity contribution is 0.0642. The molecule has 7 heteroatoms. The summed E-state index contributed by atoms with van der Waals surface area (Å²) in [5, 5.41) is 0. The van der Waals surface area contributed by atoms with Gasteiger partial charge in [0, 0.05) is 31.7 Å². The van der Waals surface area contributed by atoms with Crippen LogP contribution in [-0.4, -0.2) is 54.3 Å².